The van der Waals surface area contributed by atoms with Crippen molar-refractivity contribution in [3.63, 3.8) is 0 Å². The molecule has 0 heterocycles. The Labute approximate surface area is 105 Å². The van der Waals surface area contributed by atoms with Gasteiger partial charge in [-0.15, -0.1) is 11.6 Å². The minimum Gasteiger partial charge on any atom is -0.507 e. The van der Waals surface area contributed by atoms with Crippen LogP contribution in [0.5, 0.6) is 5.75 Å². The van der Waals surface area contributed by atoms with E-state index in [0.717, 1.165) is 18.2 Å². The van der Waals surface area contributed by atoms with Crippen LogP contribution in [0.4, 0.5) is 4.39 Å². The van der Waals surface area contributed by atoms with Crippen LogP contribution in [0.25, 0.3) is 0 Å². The molecule has 1 unspecified atom stereocenters. The number of phenolic OH excluding ortho intramolecular Hbond substituents is 1. The summed E-state index contributed by atoms with van der Waals surface area (Å²) in [6.45, 7) is 5.24. The largest absolute Gasteiger partial charge is 0.507 e. The number of amides is 1. The Balaban J connectivity index is 2.94. The highest BCUT2D eigenvalue weighted by atomic mass is 35.5. The average molecular weight is 260 g/mol. The lowest BCUT2D eigenvalue weighted by Gasteiger charge is -2.29. The molecule has 0 bridgehead atoms. The lowest BCUT2D eigenvalue weighted by molar-refractivity contribution is 0.0909. The summed E-state index contributed by atoms with van der Waals surface area (Å²) in [4.78, 5) is 11.8. The summed E-state index contributed by atoms with van der Waals surface area (Å²) in [5, 5.41) is 11.8. The normalized spacial score (nSPS) is 13.2. The number of alkyl halides is 1. The molecule has 0 spiro atoms. The summed E-state index contributed by atoms with van der Waals surface area (Å²) < 4.78 is 13.0. The van der Waals surface area contributed by atoms with Crippen LogP contribution < -0.4 is 5.32 Å². The van der Waals surface area contributed by atoms with Gasteiger partial charge < -0.3 is 10.4 Å². The quantitative estimate of drug-likeness (QED) is 0.820. The Morgan fingerprint density at radius 2 is 2.12 bits per heavy atom. The summed E-state index contributed by atoms with van der Waals surface area (Å²) in [5.74, 6) is -1.40. The van der Waals surface area contributed by atoms with Crippen molar-refractivity contribution in [2.45, 2.75) is 31.7 Å². The van der Waals surface area contributed by atoms with E-state index in [1.165, 1.54) is 0 Å². The zero-order chi connectivity index (χ0) is 13.2. The molecule has 94 valence electrons. The Morgan fingerprint density at radius 3 is 2.65 bits per heavy atom. The van der Waals surface area contributed by atoms with Gasteiger partial charge in [0.05, 0.1) is 16.5 Å². The number of benzene rings is 1. The third-order valence-corrected chi connectivity index (χ3v) is 3.18. The van der Waals surface area contributed by atoms with Gasteiger partial charge in [0, 0.05) is 0 Å². The highest BCUT2D eigenvalue weighted by Crippen LogP contribution is 2.20. The molecule has 0 fully saturated rings. The first-order chi connectivity index (χ1) is 7.74. The molecule has 0 aliphatic rings. The lowest BCUT2D eigenvalue weighted by Crippen LogP contribution is -2.49. The van der Waals surface area contributed by atoms with Gasteiger partial charge in [0.1, 0.15) is 11.6 Å². The molecule has 1 aromatic rings. The molecule has 5 heteroatoms. The standard InChI is InChI=1S/C12H15ClFNO2/c1-7(13)12(2,3)15-11(17)9-6-8(14)4-5-10(9)16/h4-7,16H,1-3H3,(H,15,17). The van der Waals surface area contributed by atoms with E-state index in [0.29, 0.717) is 0 Å². The van der Waals surface area contributed by atoms with Gasteiger partial charge in [-0.2, -0.15) is 0 Å². The van der Waals surface area contributed by atoms with E-state index in [-0.39, 0.29) is 16.7 Å². The van der Waals surface area contributed by atoms with Crippen LogP contribution in [0, 0.1) is 5.82 Å². The van der Waals surface area contributed by atoms with Crippen molar-refractivity contribution in [2.24, 2.45) is 0 Å². The van der Waals surface area contributed by atoms with E-state index >= 15 is 0 Å². The number of carbonyl (C=O) groups excluding carboxylic acids is 1. The molecular formula is C12H15ClFNO2. The summed E-state index contributed by atoms with van der Waals surface area (Å²) in [6, 6.07) is 3.21. The molecule has 0 aliphatic carbocycles. The van der Waals surface area contributed by atoms with Crippen LogP contribution in [0.1, 0.15) is 31.1 Å². The predicted octanol–water partition coefficient (Wildman–Crippen LogP) is 2.67. The number of aromatic hydroxyl groups is 1. The van der Waals surface area contributed by atoms with Crippen molar-refractivity contribution >= 4 is 17.5 Å². The van der Waals surface area contributed by atoms with Crippen molar-refractivity contribution in [3.8, 4) is 5.75 Å². The van der Waals surface area contributed by atoms with E-state index in [4.69, 9.17) is 11.6 Å². The van der Waals surface area contributed by atoms with Crippen molar-refractivity contribution < 1.29 is 14.3 Å². The number of hydrogen-bond donors (Lipinski definition) is 2. The minimum atomic E-state index is -0.655. The maximum absolute atomic E-state index is 13.0. The first-order valence-corrected chi connectivity index (χ1v) is 5.63. The number of nitrogens with one attached hydrogen (secondary N) is 1. The molecule has 3 nitrogen and oxygen atoms in total. The number of carbonyl (C=O) groups is 1. The van der Waals surface area contributed by atoms with Crippen LogP contribution >= 0.6 is 11.6 Å². The summed E-state index contributed by atoms with van der Waals surface area (Å²) >= 11 is 5.92. The highest BCUT2D eigenvalue weighted by molar-refractivity contribution is 6.21. The van der Waals surface area contributed by atoms with Crippen molar-refractivity contribution in [3.05, 3.63) is 29.6 Å². The Kier molecular flexibility index (Phi) is 3.98. The van der Waals surface area contributed by atoms with Crippen LogP contribution in [-0.4, -0.2) is 21.9 Å². The second-order valence-electron chi connectivity index (χ2n) is 4.45. The van der Waals surface area contributed by atoms with Crippen molar-refractivity contribution in [1.82, 2.24) is 5.32 Å². The molecule has 0 saturated heterocycles. The van der Waals surface area contributed by atoms with Crippen LogP contribution in [0.2, 0.25) is 0 Å². The Hall–Kier alpha value is -1.29. The Bertz CT molecular complexity index is 433. The minimum absolute atomic E-state index is 0.101. The van der Waals surface area contributed by atoms with Gasteiger partial charge in [0.2, 0.25) is 0 Å². The van der Waals surface area contributed by atoms with Gasteiger partial charge >= 0.3 is 0 Å². The van der Waals surface area contributed by atoms with E-state index in [9.17, 15) is 14.3 Å². The van der Waals surface area contributed by atoms with E-state index < -0.39 is 17.3 Å². The summed E-state index contributed by atoms with van der Waals surface area (Å²) in [5.41, 5.74) is -0.757. The van der Waals surface area contributed by atoms with Gasteiger partial charge in [-0.25, -0.2) is 4.39 Å². The van der Waals surface area contributed by atoms with E-state index in [2.05, 4.69) is 5.32 Å². The topological polar surface area (TPSA) is 49.3 Å². The number of halogens is 2. The molecule has 0 aromatic heterocycles. The Morgan fingerprint density at radius 1 is 1.53 bits per heavy atom. The van der Waals surface area contributed by atoms with Crippen LogP contribution in [0.15, 0.2) is 18.2 Å². The molecular weight excluding hydrogens is 245 g/mol. The second kappa shape index (κ2) is 4.92. The number of hydrogen-bond acceptors (Lipinski definition) is 2. The SMILES string of the molecule is CC(Cl)C(C)(C)NC(=O)c1cc(F)ccc1O. The molecule has 1 aromatic carbocycles. The third kappa shape index (κ3) is 3.33. The zero-order valence-corrected chi connectivity index (χ0v) is 10.7. The van der Waals surface area contributed by atoms with Crippen LogP contribution in [-0.2, 0) is 0 Å². The number of rotatable bonds is 3. The molecule has 1 atom stereocenters. The first-order valence-electron chi connectivity index (χ1n) is 5.19. The molecule has 0 aliphatic heterocycles. The maximum Gasteiger partial charge on any atom is 0.255 e. The van der Waals surface area contributed by atoms with E-state index in [1.807, 2.05) is 0 Å². The fraction of sp³-hybridized carbons (Fsp3) is 0.417. The van der Waals surface area contributed by atoms with Gasteiger partial charge in [-0.05, 0) is 39.0 Å². The highest BCUT2D eigenvalue weighted by Gasteiger charge is 2.27. The lowest BCUT2D eigenvalue weighted by atomic mass is 10.0. The van der Waals surface area contributed by atoms with Crippen molar-refractivity contribution in [2.75, 3.05) is 0 Å². The van der Waals surface area contributed by atoms with Gasteiger partial charge in [-0.1, -0.05) is 0 Å². The van der Waals surface area contributed by atoms with Crippen LogP contribution in [0.3, 0.4) is 0 Å². The summed E-state index contributed by atoms with van der Waals surface area (Å²) in [6.07, 6.45) is 0. The van der Waals surface area contributed by atoms with Crippen molar-refractivity contribution in [1.29, 1.82) is 0 Å². The third-order valence-electron chi connectivity index (χ3n) is 2.63. The average Bonchev–Trinajstić information content (AvgIpc) is 2.20. The fourth-order valence-corrected chi connectivity index (χ4v) is 1.20. The monoisotopic (exact) mass is 259 g/mol. The van der Waals surface area contributed by atoms with Gasteiger partial charge in [0.15, 0.2) is 0 Å². The second-order valence-corrected chi connectivity index (χ2v) is 5.11. The molecule has 1 rings (SSSR count). The zero-order valence-electron chi connectivity index (χ0n) is 9.92. The molecule has 1 amide bonds. The summed E-state index contributed by atoms with van der Waals surface area (Å²) in [7, 11) is 0. The van der Waals surface area contributed by atoms with E-state index in [1.54, 1.807) is 20.8 Å². The van der Waals surface area contributed by atoms with Gasteiger partial charge in [0.25, 0.3) is 5.91 Å². The molecule has 17 heavy (non-hydrogen) atoms. The molecule has 0 saturated carbocycles. The maximum atomic E-state index is 13.0. The molecule has 2 N–H and O–H groups in total. The van der Waals surface area contributed by atoms with Gasteiger partial charge in [-0.3, -0.25) is 4.79 Å². The smallest absolute Gasteiger partial charge is 0.255 e. The fourth-order valence-electron chi connectivity index (χ4n) is 1.15. The first kappa shape index (κ1) is 13.8. The predicted molar refractivity (Wildman–Crippen MR) is 64.9 cm³/mol. The molecule has 0 radical (unpaired) electrons. The number of phenols is 1.